The maximum absolute atomic E-state index is 12.1. The van der Waals surface area contributed by atoms with Gasteiger partial charge in [-0.1, -0.05) is 17.7 Å². The van der Waals surface area contributed by atoms with Crippen LogP contribution in [-0.4, -0.2) is 12.5 Å². The molecule has 0 spiro atoms. The number of alkyl halides is 2. The standard InChI is InChI=1S/C14H10ClF2NO2S/c15-11-8-9(3-5-12(11)20-14(16)17)18-13(19)6-4-10-2-1-7-21-10/h1-8,14H,(H,18,19). The second kappa shape index (κ2) is 7.19. The Morgan fingerprint density at radius 3 is 2.81 bits per heavy atom. The lowest BCUT2D eigenvalue weighted by molar-refractivity contribution is -0.111. The number of hydrogen-bond acceptors (Lipinski definition) is 3. The average Bonchev–Trinajstić information content (AvgIpc) is 2.92. The summed E-state index contributed by atoms with van der Waals surface area (Å²) in [7, 11) is 0. The van der Waals surface area contributed by atoms with Crippen molar-refractivity contribution in [2.24, 2.45) is 0 Å². The zero-order valence-corrected chi connectivity index (χ0v) is 12.1. The molecule has 0 atom stereocenters. The van der Waals surface area contributed by atoms with Crippen LogP contribution in [0.4, 0.5) is 14.5 Å². The summed E-state index contributed by atoms with van der Waals surface area (Å²) >= 11 is 7.30. The molecule has 1 N–H and O–H groups in total. The minimum atomic E-state index is -2.95. The average molecular weight is 330 g/mol. The summed E-state index contributed by atoms with van der Waals surface area (Å²) in [6.45, 7) is -2.95. The Morgan fingerprint density at radius 2 is 2.19 bits per heavy atom. The van der Waals surface area contributed by atoms with Gasteiger partial charge >= 0.3 is 6.61 Å². The molecule has 1 aromatic carbocycles. The van der Waals surface area contributed by atoms with Gasteiger partial charge in [-0.2, -0.15) is 8.78 Å². The number of rotatable bonds is 5. The first kappa shape index (κ1) is 15.5. The number of benzene rings is 1. The van der Waals surface area contributed by atoms with Gasteiger partial charge in [-0.3, -0.25) is 4.79 Å². The molecule has 2 aromatic rings. The topological polar surface area (TPSA) is 38.3 Å². The zero-order chi connectivity index (χ0) is 15.2. The van der Waals surface area contributed by atoms with Gasteiger partial charge in [0.1, 0.15) is 5.75 Å². The van der Waals surface area contributed by atoms with Gasteiger partial charge in [-0.25, -0.2) is 0 Å². The Morgan fingerprint density at radius 1 is 1.38 bits per heavy atom. The van der Waals surface area contributed by atoms with E-state index in [4.69, 9.17) is 11.6 Å². The smallest absolute Gasteiger partial charge is 0.387 e. The van der Waals surface area contributed by atoms with Crippen molar-refractivity contribution < 1.29 is 18.3 Å². The molecule has 0 unspecified atom stereocenters. The first-order chi connectivity index (χ1) is 10.0. The van der Waals surface area contributed by atoms with Crippen LogP contribution in [0.15, 0.2) is 41.8 Å². The van der Waals surface area contributed by atoms with Crippen LogP contribution in [-0.2, 0) is 4.79 Å². The van der Waals surface area contributed by atoms with E-state index in [0.29, 0.717) is 5.69 Å². The van der Waals surface area contributed by atoms with E-state index in [2.05, 4.69) is 10.1 Å². The monoisotopic (exact) mass is 329 g/mol. The maximum Gasteiger partial charge on any atom is 0.387 e. The normalized spacial score (nSPS) is 11.0. The third kappa shape index (κ3) is 4.84. The predicted octanol–water partition coefficient (Wildman–Crippen LogP) is 4.65. The second-order valence-electron chi connectivity index (χ2n) is 3.86. The number of ether oxygens (including phenoxy) is 1. The fraction of sp³-hybridized carbons (Fsp3) is 0.0714. The van der Waals surface area contributed by atoms with Gasteiger partial charge in [0.2, 0.25) is 5.91 Å². The quantitative estimate of drug-likeness (QED) is 0.810. The Kier molecular flexibility index (Phi) is 5.30. The summed E-state index contributed by atoms with van der Waals surface area (Å²) in [4.78, 5) is 12.6. The summed E-state index contributed by atoms with van der Waals surface area (Å²) in [6.07, 6.45) is 3.05. The van der Waals surface area contributed by atoms with Crippen molar-refractivity contribution >= 4 is 40.6 Å². The number of nitrogens with one attached hydrogen (secondary N) is 1. The van der Waals surface area contributed by atoms with Crippen molar-refractivity contribution in [3.05, 3.63) is 51.7 Å². The van der Waals surface area contributed by atoms with Gasteiger partial charge in [-0.05, 0) is 35.7 Å². The molecule has 7 heteroatoms. The predicted molar refractivity (Wildman–Crippen MR) is 80.1 cm³/mol. The number of carbonyl (C=O) groups excluding carboxylic acids is 1. The minimum Gasteiger partial charge on any atom is -0.433 e. The van der Waals surface area contributed by atoms with Crippen molar-refractivity contribution in [3.8, 4) is 5.75 Å². The highest BCUT2D eigenvalue weighted by Crippen LogP contribution is 2.28. The number of thiophene rings is 1. The fourth-order valence-electron chi connectivity index (χ4n) is 1.50. The van der Waals surface area contributed by atoms with Crippen LogP contribution in [0, 0.1) is 0 Å². The molecule has 2 rings (SSSR count). The van der Waals surface area contributed by atoms with Gasteiger partial charge in [0.25, 0.3) is 0 Å². The van der Waals surface area contributed by atoms with Crippen LogP contribution in [0.3, 0.4) is 0 Å². The lowest BCUT2D eigenvalue weighted by Crippen LogP contribution is -2.08. The fourth-order valence-corrected chi connectivity index (χ4v) is 2.34. The van der Waals surface area contributed by atoms with Gasteiger partial charge in [-0.15, -0.1) is 11.3 Å². The van der Waals surface area contributed by atoms with E-state index in [0.717, 1.165) is 4.88 Å². The largest absolute Gasteiger partial charge is 0.433 e. The van der Waals surface area contributed by atoms with Gasteiger partial charge < -0.3 is 10.1 Å². The molecule has 0 saturated carbocycles. The van der Waals surface area contributed by atoms with Crippen LogP contribution < -0.4 is 10.1 Å². The Balaban J connectivity index is 1.99. The zero-order valence-electron chi connectivity index (χ0n) is 10.6. The van der Waals surface area contributed by atoms with Crippen LogP contribution >= 0.6 is 22.9 Å². The Labute approximate surface area is 128 Å². The van der Waals surface area contributed by atoms with E-state index >= 15 is 0 Å². The molecule has 0 fully saturated rings. The molecular formula is C14H10ClF2NO2S. The first-order valence-electron chi connectivity index (χ1n) is 5.81. The molecule has 0 bridgehead atoms. The van der Waals surface area contributed by atoms with Gasteiger partial charge in [0, 0.05) is 16.6 Å². The Bertz CT molecular complexity index is 644. The maximum atomic E-state index is 12.1. The highest BCUT2D eigenvalue weighted by molar-refractivity contribution is 7.10. The van der Waals surface area contributed by atoms with Gasteiger partial charge in [0.05, 0.1) is 5.02 Å². The molecular weight excluding hydrogens is 320 g/mol. The van der Waals surface area contributed by atoms with E-state index in [1.54, 1.807) is 6.08 Å². The summed E-state index contributed by atoms with van der Waals surface area (Å²) in [5.41, 5.74) is 0.391. The van der Waals surface area contributed by atoms with Crippen molar-refractivity contribution in [1.82, 2.24) is 0 Å². The molecule has 1 aromatic heterocycles. The van der Waals surface area contributed by atoms with E-state index in [9.17, 15) is 13.6 Å². The molecule has 0 aliphatic heterocycles. The Hall–Kier alpha value is -1.92. The highest BCUT2D eigenvalue weighted by atomic mass is 35.5. The van der Waals surface area contributed by atoms with Gasteiger partial charge in [0.15, 0.2) is 0 Å². The van der Waals surface area contributed by atoms with Crippen LogP contribution in [0.1, 0.15) is 4.88 Å². The van der Waals surface area contributed by atoms with E-state index in [1.807, 2.05) is 17.5 Å². The van der Waals surface area contributed by atoms with Crippen molar-refractivity contribution in [3.63, 3.8) is 0 Å². The summed E-state index contributed by atoms with van der Waals surface area (Å²) in [6, 6.07) is 7.80. The molecule has 1 amide bonds. The third-order valence-electron chi connectivity index (χ3n) is 2.36. The lowest BCUT2D eigenvalue weighted by atomic mass is 10.3. The molecule has 21 heavy (non-hydrogen) atoms. The first-order valence-corrected chi connectivity index (χ1v) is 7.07. The van der Waals surface area contributed by atoms with Crippen LogP contribution in [0.5, 0.6) is 5.75 Å². The molecule has 0 aliphatic rings. The minimum absolute atomic E-state index is 0.00432. The molecule has 1 heterocycles. The van der Waals surface area contributed by atoms with Crippen molar-refractivity contribution in [2.45, 2.75) is 6.61 Å². The van der Waals surface area contributed by atoms with E-state index in [1.165, 1.54) is 35.6 Å². The van der Waals surface area contributed by atoms with E-state index in [-0.39, 0.29) is 16.7 Å². The van der Waals surface area contributed by atoms with Crippen molar-refractivity contribution in [2.75, 3.05) is 5.32 Å². The number of halogens is 3. The SMILES string of the molecule is O=C(C=Cc1cccs1)Nc1ccc(OC(F)F)c(Cl)c1. The third-order valence-corrected chi connectivity index (χ3v) is 3.49. The lowest BCUT2D eigenvalue weighted by Gasteiger charge is -2.08. The molecule has 110 valence electrons. The van der Waals surface area contributed by atoms with Crippen LogP contribution in [0.2, 0.25) is 5.02 Å². The highest BCUT2D eigenvalue weighted by Gasteiger charge is 2.09. The second-order valence-corrected chi connectivity index (χ2v) is 5.25. The number of anilines is 1. The molecule has 0 aliphatic carbocycles. The summed E-state index contributed by atoms with van der Waals surface area (Å²) < 4.78 is 28.4. The number of amides is 1. The molecule has 0 saturated heterocycles. The number of carbonyl (C=O) groups is 1. The summed E-state index contributed by atoms with van der Waals surface area (Å²) in [5.74, 6) is -0.485. The summed E-state index contributed by atoms with van der Waals surface area (Å²) in [5, 5.41) is 4.47. The molecule has 3 nitrogen and oxygen atoms in total. The van der Waals surface area contributed by atoms with Crippen molar-refractivity contribution in [1.29, 1.82) is 0 Å². The van der Waals surface area contributed by atoms with Crippen LogP contribution in [0.25, 0.3) is 6.08 Å². The molecule has 0 radical (unpaired) electrons. The number of hydrogen-bond donors (Lipinski definition) is 1. The van der Waals surface area contributed by atoms with E-state index < -0.39 is 6.61 Å².